The van der Waals surface area contributed by atoms with Crippen LogP contribution in [0.1, 0.15) is 30.9 Å². The van der Waals surface area contributed by atoms with E-state index in [9.17, 15) is 9.59 Å². The fourth-order valence-corrected chi connectivity index (χ4v) is 2.86. The highest BCUT2D eigenvalue weighted by Gasteiger charge is 2.37. The standard InChI is InChI=1S/C24H26O4/c1-3-27-23(25)22(24(26)28-4-2)21(20-16-9-6-10-17-20)18-12-11-15-19-13-7-5-8-14-19/h5-18,21-22H,3-4H2,1-2H3/b15-11+,18-12+. The number of carbonyl (C=O) groups is 2. The molecule has 4 heteroatoms. The van der Waals surface area contributed by atoms with Gasteiger partial charge in [0.05, 0.1) is 13.2 Å². The quantitative estimate of drug-likeness (QED) is 0.358. The minimum Gasteiger partial charge on any atom is -0.465 e. The third-order valence-corrected chi connectivity index (χ3v) is 4.14. The first-order valence-electron chi connectivity index (χ1n) is 9.45. The average molecular weight is 378 g/mol. The topological polar surface area (TPSA) is 52.6 Å². The zero-order valence-corrected chi connectivity index (χ0v) is 16.3. The van der Waals surface area contributed by atoms with Gasteiger partial charge in [-0.25, -0.2) is 0 Å². The Morgan fingerprint density at radius 3 is 1.89 bits per heavy atom. The summed E-state index contributed by atoms with van der Waals surface area (Å²) in [4.78, 5) is 25.1. The molecule has 0 aromatic heterocycles. The predicted octanol–water partition coefficient (Wildman–Crippen LogP) is 4.78. The summed E-state index contributed by atoms with van der Waals surface area (Å²) in [5.41, 5.74) is 1.91. The van der Waals surface area contributed by atoms with Crippen molar-refractivity contribution in [3.63, 3.8) is 0 Å². The number of allylic oxidation sites excluding steroid dienone is 3. The second kappa shape index (κ2) is 11.5. The van der Waals surface area contributed by atoms with Crippen LogP contribution in [0.3, 0.4) is 0 Å². The lowest BCUT2D eigenvalue weighted by Gasteiger charge is -2.22. The highest BCUT2D eigenvalue weighted by Crippen LogP contribution is 2.29. The van der Waals surface area contributed by atoms with Gasteiger partial charge in [0.15, 0.2) is 5.92 Å². The van der Waals surface area contributed by atoms with Crippen molar-refractivity contribution in [1.29, 1.82) is 0 Å². The Labute approximate surface area is 166 Å². The van der Waals surface area contributed by atoms with E-state index in [1.165, 1.54) is 0 Å². The highest BCUT2D eigenvalue weighted by molar-refractivity contribution is 5.96. The van der Waals surface area contributed by atoms with Crippen molar-refractivity contribution in [2.75, 3.05) is 13.2 Å². The van der Waals surface area contributed by atoms with Crippen LogP contribution in [-0.4, -0.2) is 25.2 Å². The van der Waals surface area contributed by atoms with Crippen LogP contribution in [-0.2, 0) is 19.1 Å². The summed E-state index contributed by atoms with van der Waals surface area (Å²) >= 11 is 0. The van der Waals surface area contributed by atoms with Crippen molar-refractivity contribution in [2.24, 2.45) is 5.92 Å². The molecule has 0 aliphatic carbocycles. The summed E-state index contributed by atoms with van der Waals surface area (Å²) in [7, 11) is 0. The summed E-state index contributed by atoms with van der Waals surface area (Å²) in [5.74, 6) is -2.69. The monoisotopic (exact) mass is 378 g/mol. The molecule has 0 saturated heterocycles. The molecule has 1 unspecified atom stereocenters. The van der Waals surface area contributed by atoms with Gasteiger partial charge in [0, 0.05) is 5.92 Å². The summed E-state index contributed by atoms with van der Waals surface area (Å²) in [6.45, 7) is 3.84. The lowest BCUT2D eigenvalue weighted by Crippen LogP contribution is -2.32. The second-order valence-corrected chi connectivity index (χ2v) is 6.07. The Balaban J connectivity index is 2.33. The average Bonchev–Trinajstić information content (AvgIpc) is 2.72. The SMILES string of the molecule is CCOC(=O)C(C(=O)OCC)C(/C=C/C=C/c1ccccc1)c1ccccc1. The second-order valence-electron chi connectivity index (χ2n) is 6.07. The molecule has 1 atom stereocenters. The maximum Gasteiger partial charge on any atom is 0.321 e. The van der Waals surface area contributed by atoms with E-state index in [4.69, 9.17) is 9.47 Å². The number of rotatable bonds is 9. The molecule has 0 aliphatic rings. The van der Waals surface area contributed by atoms with Crippen molar-refractivity contribution < 1.29 is 19.1 Å². The largest absolute Gasteiger partial charge is 0.465 e. The Morgan fingerprint density at radius 2 is 1.36 bits per heavy atom. The molecule has 0 aliphatic heterocycles. The van der Waals surface area contributed by atoms with Crippen molar-refractivity contribution in [3.05, 3.63) is 90.0 Å². The molecule has 2 rings (SSSR count). The van der Waals surface area contributed by atoms with Gasteiger partial charge in [-0.3, -0.25) is 9.59 Å². The van der Waals surface area contributed by atoms with E-state index in [2.05, 4.69) is 0 Å². The molecule has 0 saturated carbocycles. The molecule has 0 radical (unpaired) electrons. The maximum atomic E-state index is 12.6. The van der Waals surface area contributed by atoms with Crippen molar-refractivity contribution in [1.82, 2.24) is 0 Å². The molecule has 4 nitrogen and oxygen atoms in total. The minimum atomic E-state index is -1.05. The Hall–Kier alpha value is -3.14. The van der Waals surface area contributed by atoms with E-state index in [0.29, 0.717) is 0 Å². The highest BCUT2D eigenvalue weighted by atomic mass is 16.6. The molecule has 0 spiro atoms. The number of hydrogen-bond acceptors (Lipinski definition) is 4. The first kappa shape index (κ1) is 21.2. The fraction of sp³-hybridized carbons (Fsp3) is 0.250. The number of carbonyl (C=O) groups excluding carboxylic acids is 2. The van der Waals surface area contributed by atoms with Crippen LogP contribution in [0.25, 0.3) is 6.08 Å². The predicted molar refractivity (Wildman–Crippen MR) is 111 cm³/mol. The number of ether oxygens (including phenoxy) is 2. The fourth-order valence-electron chi connectivity index (χ4n) is 2.86. The van der Waals surface area contributed by atoms with Gasteiger partial charge in [0.1, 0.15) is 0 Å². The van der Waals surface area contributed by atoms with Crippen molar-refractivity contribution in [3.8, 4) is 0 Å². The van der Waals surface area contributed by atoms with Crippen molar-refractivity contribution >= 4 is 18.0 Å². The van der Waals surface area contributed by atoms with Crippen LogP contribution >= 0.6 is 0 Å². The maximum absolute atomic E-state index is 12.6. The molecular formula is C24H26O4. The van der Waals surface area contributed by atoms with Gasteiger partial charge >= 0.3 is 11.9 Å². The molecule has 0 N–H and O–H groups in total. The third kappa shape index (κ3) is 6.23. The molecule has 146 valence electrons. The number of esters is 2. The van der Waals surface area contributed by atoms with E-state index >= 15 is 0 Å². The number of benzene rings is 2. The van der Waals surface area contributed by atoms with Gasteiger partial charge in [-0.2, -0.15) is 0 Å². The zero-order chi connectivity index (χ0) is 20.2. The van der Waals surface area contributed by atoms with E-state index in [1.54, 1.807) is 13.8 Å². The lowest BCUT2D eigenvalue weighted by atomic mass is 9.85. The van der Waals surface area contributed by atoms with Crippen LogP contribution in [0.2, 0.25) is 0 Å². The van der Waals surface area contributed by atoms with E-state index < -0.39 is 23.8 Å². The summed E-state index contributed by atoms with van der Waals surface area (Å²) in [6, 6.07) is 19.3. The third-order valence-electron chi connectivity index (χ3n) is 4.14. The van der Waals surface area contributed by atoms with Gasteiger partial charge in [0.2, 0.25) is 0 Å². The molecule has 2 aromatic rings. The Morgan fingerprint density at radius 1 is 0.821 bits per heavy atom. The molecule has 0 bridgehead atoms. The van der Waals surface area contributed by atoms with Gasteiger partial charge in [-0.15, -0.1) is 0 Å². The van der Waals surface area contributed by atoms with Gasteiger partial charge in [-0.05, 0) is 25.0 Å². The molecular weight excluding hydrogens is 352 g/mol. The number of hydrogen-bond donors (Lipinski definition) is 0. The molecule has 0 fully saturated rings. The van der Waals surface area contributed by atoms with Crippen LogP contribution in [0, 0.1) is 5.92 Å². The van der Waals surface area contributed by atoms with Crippen LogP contribution < -0.4 is 0 Å². The summed E-state index contributed by atoms with van der Waals surface area (Å²) in [6.07, 6.45) is 7.53. The summed E-state index contributed by atoms with van der Waals surface area (Å²) < 4.78 is 10.3. The van der Waals surface area contributed by atoms with Crippen LogP contribution in [0.5, 0.6) is 0 Å². The minimum absolute atomic E-state index is 0.202. The Kier molecular flexibility index (Phi) is 8.73. The lowest BCUT2D eigenvalue weighted by molar-refractivity contribution is -0.162. The summed E-state index contributed by atoms with van der Waals surface area (Å²) in [5, 5.41) is 0. The van der Waals surface area contributed by atoms with Crippen LogP contribution in [0.4, 0.5) is 0 Å². The van der Waals surface area contributed by atoms with E-state index in [0.717, 1.165) is 11.1 Å². The van der Waals surface area contributed by atoms with Gasteiger partial charge < -0.3 is 9.47 Å². The first-order chi connectivity index (χ1) is 13.7. The van der Waals surface area contributed by atoms with Crippen molar-refractivity contribution in [2.45, 2.75) is 19.8 Å². The zero-order valence-electron chi connectivity index (χ0n) is 16.3. The van der Waals surface area contributed by atoms with Gasteiger partial charge in [0.25, 0.3) is 0 Å². The Bertz CT molecular complexity index is 776. The first-order valence-corrected chi connectivity index (χ1v) is 9.45. The van der Waals surface area contributed by atoms with Gasteiger partial charge in [-0.1, -0.05) is 85.0 Å². The molecule has 0 amide bonds. The normalized spacial score (nSPS) is 12.4. The molecule has 2 aromatic carbocycles. The molecule has 28 heavy (non-hydrogen) atoms. The smallest absolute Gasteiger partial charge is 0.321 e. The van der Waals surface area contributed by atoms with E-state index in [1.807, 2.05) is 85.0 Å². The van der Waals surface area contributed by atoms with E-state index in [-0.39, 0.29) is 13.2 Å². The van der Waals surface area contributed by atoms with Crippen LogP contribution in [0.15, 0.2) is 78.9 Å². The molecule has 0 heterocycles.